The third-order valence-electron chi connectivity index (χ3n) is 3.54. The predicted molar refractivity (Wildman–Crippen MR) is 81.8 cm³/mol. The van der Waals surface area contributed by atoms with Gasteiger partial charge in [0.05, 0.1) is 17.2 Å². The Morgan fingerprint density at radius 1 is 1.41 bits per heavy atom. The summed E-state index contributed by atoms with van der Waals surface area (Å²) in [6.45, 7) is 4.21. The van der Waals surface area contributed by atoms with E-state index in [0.29, 0.717) is 17.8 Å². The molecule has 0 radical (unpaired) electrons. The fourth-order valence-electron chi connectivity index (χ4n) is 2.33. The summed E-state index contributed by atoms with van der Waals surface area (Å²) in [5.41, 5.74) is 3.04. The molecule has 1 heterocycles. The molecule has 2 N–H and O–H groups in total. The molecule has 0 aliphatic heterocycles. The zero-order valence-electron chi connectivity index (χ0n) is 12.6. The molecule has 0 saturated heterocycles. The molecule has 1 aromatic heterocycles. The molecule has 0 spiro atoms. The van der Waals surface area contributed by atoms with E-state index in [1.165, 1.54) is 6.07 Å². The van der Waals surface area contributed by atoms with Gasteiger partial charge in [0.2, 0.25) is 0 Å². The lowest BCUT2D eigenvalue weighted by molar-refractivity contribution is -0.384. The number of nitro benzene ring substituents is 1. The van der Waals surface area contributed by atoms with Gasteiger partial charge in [-0.05, 0) is 44.4 Å². The van der Waals surface area contributed by atoms with E-state index in [2.05, 4.69) is 10.5 Å². The summed E-state index contributed by atoms with van der Waals surface area (Å²) < 4.78 is 5.10. The minimum atomic E-state index is -0.433. The molecule has 2 aromatic rings. The summed E-state index contributed by atoms with van der Waals surface area (Å²) in [7, 11) is 0. The van der Waals surface area contributed by atoms with Gasteiger partial charge in [0.25, 0.3) is 5.69 Å². The van der Waals surface area contributed by atoms with E-state index >= 15 is 0 Å². The van der Waals surface area contributed by atoms with Crippen molar-refractivity contribution in [2.75, 3.05) is 11.9 Å². The highest BCUT2D eigenvalue weighted by atomic mass is 16.6. The lowest BCUT2D eigenvalue weighted by atomic mass is 10.1. The smallest absolute Gasteiger partial charge is 0.292 e. The third kappa shape index (κ3) is 3.62. The van der Waals surface area contributed by atoms with Crippen LogP contribution in [0.3, 0.4) is 0 Å². The molecule has 2 rings (SSSR count). The molecule has 118 valence electrons. The number of nitrogens with zero attached hydrogens (tertiary/aromatic N) is 2. The number of aliphatic hydroxyl groups is 1. The highest BCUT2D eigenvalue weighted by Gasteiger charge is 2.14. The monoisotopic (exact) mass is 305 g/mol. The van der Waals surface area contributed by atoms with Crippen molar-refractivity contribution in [1.82, 2.24) is 5.16 Å². The van der Waals surface area contributed by atoms with Crippen LogP contribution in [-0.2, 0) is 13.0 Å². The molecule has 22 heavy (non-hydrogen) atoms. The second kappa shape index (κ2) is 7.04. The largest absolute Gasteiger partial charge is 0.392 e. The van der Waals surface area contributed by atoms with E-state index in [-0.39, 0.29) is 12.3 Å². The zero-order chi connectivity index (χ0) is 16.1. The van der Waals surface area contributed by atoms with Crippen molar-refractivity contribution < 1.29 is 14.6 Å². The molecule has 0 amide bonds. The average Bonchev–Trinajstić information content (AvgIpc) is 2.82. The van der Waals surface area contributed by atoms with E-state index in [9.17, 15) is 10.1 Å². The highest BCUT2D eigenvalue weighted by molar-refractivity contribution is 5.62. The van der Waals surface area contributed by atoms with Crippen LogP contribution in [0.5, 0.6) is 0 Å². The SMILES string of the molecule is Cc1noc(C)c1CCCNc1cc(CO)ccc1[N+](=O)[O-]. The van der Waals surface area contributed by atoms with E-state index in [0.717, 1.165) is 29.9 Å². The van der Waals surface area contributed by atoms with Gasteiger partial charge in [-0.1, -0.05) is 5.16 Å². The Kier molecular flexibility index (Phi) is 5.11. The van der Waals surface area contributed by atoms with Crippen molar-refractivity contribution >= 4 is 11.4 Å². The Bertz CT molecular complexity index is 647. The zero-order valence-corrected chi connectivity index (χ0v) is 12.6. The number of hydrogen-bond donors (Lipinski definition) is 2. The number of aryl methyl sites for hydroxylation is 2. The van der Waals surface area contributed by atoms with Crippen LogP contribution in [-0.4, -0.2) is 21.7 Å². The molecular formula is C15H19N3O4. The summed E-state index contributed by atoms with van der Waals surface area (Å²) >= 11 is 0. The van der Waals surface area contributed by atoms with Gasteiger partial charge in [-0.15, -0.1) is 0 Å². The van der Waals surface area contributed by atoms with E-state index in [1.54, 1.807) is 12.1 Å². The Balaban J connectivity index is 1.98. The second-order valence-electron chi connectivity index (χ2n) is 5.10. The van der Waals surface area contributed by atoms with Crippen molar-refractivity contribution in [2.45, 2.75) is 33.3 Å². The standard InChI is InChI=1S/C15H19N3O4/c1-10-13(11(2)22-17-10)4-3-7-16-14-8-12(9-19)5-6-15(14)18(20)21/h5-6,8,16,19H,3-4,7,9H2,1-2H3. The topological polar surface area (TPSA) is 101 Å². The number of rotatable bonds is 7. The van der Waals surface area contributed by atoms with Crippen LogP contribution in [0.15, 0.2) is 22.7 Å². The minimum Gasteiger partial charge on any atom is -0.392 e. The maximum atomic E-state index is 11.0. The fraction of sp³-hybridized carbons (Fsp3) is 0.400. The number of nitro groups is 1. The second-order valence-corrected chi connectivity index (χ2v) is 5.10. The molecule has 0 fully saturated rings. The number of aliphatic hydroxyl groups excluding tert-OH is 1. The quantitative estimate of drug-likeness (QED) is 0.463. The average molecular weight is 305 g/mol. The van der Waals surface area contributed by atoms with Crippen molar-refractivity contribution in [3.05, 3.63) is 50.9 Å². The van der Waals surface area contributed by atoms with Crippen molar-refractivity contribution in [3.8, 4) is 0 Å². The third-order valence-corrected chi connectivity index (χ3v) is 3.54. The number of nitrogens with one attached hydrogen (secondary N) is 1. The lowest BCUT2D eigenvalue weighted by Crippen LogP contribution is -2.06. The predicted octanol–water partition coefficient (Wildman–Crippen LogP) is 2.74. The Morgan fingerprint density at radius 3 is 2.77 bits per heavy atom. The summed E-state index contributed by atoms with van der Waals surface area (Å²) in [5.74, 6) is 0.811. The van der Waals surface area contributed by atoms with E-state index in [4.69, 9.17) is 9.63 Å². The lowest BCUT2D eigenvalue weighted by Gasteiger charge is -2.08. The molecule has 0 aliphatic rings. The van der Waals surface area contributed by atoms with Crippen LogP contribution in [0.2, 0.25) is 0 Å². The van der Waals surface area contributed by atoms with Crippen LogP contribution in [0, 0.1) is 24.0 Å². The van der Waals surface area contributed by atoms with Gasteiger partial charge >= 0.3 is 0 Å². The molecule has 0 aliphatic carbocycles. The maximum Gasteiger partial charge on any atom is 0.292 e. The molecule has 0 bridgehead atoms. The van der Waals surface area contributed by atoms with Crippen LogP contribution >= 0.6 is 0 Å². The summed E-state index contributed by atoms with van der Waals surface area (Å²) in [4.78, 5) is 10.6. The van der Waals surface area contributed by atoms with Gasteiger partial charge in [0.1, 0.15) is 11.4 Å². The van der Waals surface area contributed by atoms with Crippen molar-refractivity contribution in [2.24, 2.45) is 0 Å². The first-order chi connectivity index (χ1) is 10.5. The Hall–Kier alpha value is -2.41. The number of aromatic nitrogens is 1. The van der Waals surface area contributed by atoms with Gasteiger partial charge < -0.3 is 14.9 Å². The summed E-state index contributed by atoms with van der Waals surface area (Å²) in [6.07, 6.45) is 1.59. The molecular weight excluding hydrogens is 286 g/mol. The van der Waals surface area contributed by atoms with Crippen LogP contribution in [0.1, 0.15) is 29.0 Å². The van der Waals surface area contributed by atoms with Gasteiger partial charge in [-0.2, -0.15) is 0 Å². The number of anilines is 1. The van der Waals surface area contributed by atoms with Crippen molar-refractivity contribution in [1.29, 1.82) is 0 Å². The maximum absolute atomic E-state index is 11.0. The van der Waals surface area contributed by atoms with E-state index < -0.39 is 4.92 Å². The summed E-state index contributed by atoms with van der Waals surface area (Å²) in [5, 5.41) is 27.1. The number of benzene rings is 1. The van der Waals surface area contributed by atoms with Crippen LogP contribution in [0.25, 0.3) is 0 Å². The first kappa shape index (κ1) is 16.0. The van der Waals surface area contributed by atoms with Gasteiger partial charge in [-0.3, -0.25) is 10.1 Å². The Labute approximate surface area is 128 Å². The fourth-order valence-corrected chi connectivity index (χ4v) is 2.33. The first-order valence-electron chi connectivity index (χ1n) is 7.06. The normalized spacial score (nSPS) is 10.7. The van der Waals surface area contributed by atoms with Crippen LogP contribution < -0.4 is 5.32 Å². The van der Waals surface area contributed by atoms with E-state index in [1.807, 2.05) is 13.8 Å². The number of hydrogen-bond acceptors (Lipinski definition) is 6. The molecule has 0 saturated carbocycles. The summed E-state index contributed by atoms with van der Waals surface area (Å²) in [6, 6.07) is 4.56. The van der Waals surface area contributed by atoms with Gasteiger partial charge in [0.15, 0.2) is 0 Å². The van der Waals surface area contributed by atoms with Gasteiger partial charge in [0, 0.05) is 18.2 Å². The minimum absolute atomic E-state index is 0.00883. The molecule has 7 heteroatoms. The highest BCUT2D eigenvalue weighted by Crippen LogP contribution is 2.25. The van der Waals surface area contributed by atoms with Gasteiger partial charge in [-0.25, -0.2) is 0 Å². The van der Waals surface area contributed by atoms with Crippen molar-refractivity contribution in [3.63, 3.8) is 0 Å². The molecule has 0 unspecified atom stereocenters. The molecule has 0 atom stereocenters. The first-order valence-corrected chi connectivity index (χ1v) is 7.06. The molecule has 7 nitrogen and oxygen atoms in total. The Morgan fingerprint density at radius 2 is 2.18 bits per heavy atom. The molecule has 1 aromatic carbocycles. The van der Waals surface area contributed by atoms with Crippen LogP contribution in [0.4, 0.5) is 11.4 Å².